The fraction of sp³-hybridized carbons (Fsp3) is 0.611. The smallest absolute Gasteiger partial charge is 0.166 e. The summed E-state index contributed by atoms with van der Waals surface area (Å²) < 4.78 is 0. The Balaban J connectivity index is 1.50. The molecular weight excluding hydrogens is 232 g/mol. The topological polar surface area (TPSA) is 17.1 Å². The first-order valence-corrected chi connectivity index (χ1v) is 7.95. The molecule has 0 aliphatic heterocycles. The summed E-state index contributed by atoms with van der Waals surface area (Å²) in [6.07, 6.45) is 9.18. The van der Waals surface area contributed by atoms with E-state index in [9.17, 15) is 4.79 Å². The molecule has 2 bridgehead atoms. The van der Waals surface area contributed by atoms with E-state index in [0.29, 0.717) is 17.6 Å². The molecule has 3 atom stereocenters. The lowest BCUT2D eigenvalue weighted by Crippen LogP contribution is -2.21. The van der Waals surface area contributed by atoms with Crippen LogP contribution in [0.25, 0.3) is 0 Å². The zero-order valence-electron chi connectivity index (χ0n) is 11.5. The van der Waals surface area contributed by atoms with Gasteiger partial charge in [-0.3, -0.25) is 4.79 Å². The first-order chi connectivity index (χ1) is 9.31. The molecule has 1 heteroatoms. The maximum Gasteiger partial charge on any atom is 0.166 e. The van der Waals surface area contributed by atoms with Crippen LogP contribution in [0.1, 0.15) is 66.8 Å². The van der Waals surface area contributed by atoms with Gasteiger partial charge in [-0.25, -0.2) is 0 Å². The van der Waals surface area contributed by atoms with Gasteiger partial charge in [0.15, 0.2) is 5.78 Å². The molecule has 1 aromatic carbocycles. The average Bonchev–Trinajstić information content (AvgIpc) is 2.99. The van der Waals surface area contributed by atoms with Gasteiger partial charge >= 0.3 is 0 Å². The third-order valence-corrected chi connectivity index (χ3v) is 5.85. The number of ketones is 1. The number of carbonyl (C=O) groups is 1. The van der Waals surface area contributed by atoms with Gasteiger partial charge in [0.1, 0.15) is 0 Å². The standard InChI is InChI=1S/C18H22O/c19-18(17-11-12-4-5-16(17)10-12)15-8-6-14(7-9-15)13-2-1-3-13/h6-9,12-13,16-17H,1-5,10-11H2. The summed E-state index contributed by atoms with van der Waals surface area (Å²) >= 11 is 0. The number of hydrogen-bond donors (Lipinski definition) is 0. The summed E-state index contributed by atoms with van der Waals surface area (Å²) in [6.45, 7) is 0. The molecule has 3 unspecified atom stereocenters. The fourth-order valence-corrected chi connectivity index (χ4v) is 4.44. The van der Waals surface area contributed by atoms with Gasteiger partial charge < -0.3 is 0 Å². The summed E-state index contributed by atoms with van der Waals surface area (Å²) in [7, 11) is 0. The fourth-order valence-electron chi connectivity index (χ4n) is 4.44. The first-order valence-electron chi connectivity index (χ1n) is 7.95. The van der Waals surface area contributed by atoms with Crippen LogP contribution in [0.3, 0.4) is 0 Å². The van der Waals surface area contributed by atoms with Gasteiger partial charge in [0.25, 0.3) is 0 Å². The maximum atomic E-state index is 12.6. The van der Waals surface area contributed by atoms with Gasteiger partial charge in [0.2, 0.25) is 0 Å². The van der Waals surface area contributed by atoms with Crippen LogP contribution in [-0.4, -0.2) is 5.78 Å². The Labute approximate surface area is 115 Å². The Kier molecular flexibility index (Phi) is 2.75. The maximum absolute atomic E-state index is 12.6. The quantitative estimate of drug-likeness (QED) is 0.722. The van der Waals surface area contributed by atoms with Crippen LogP contribution in [-0.2, 0) is 0 Å². The van der Waals surface area contributed by atoms with Gasteiger partial charge in [0.05, 0.1) is 0 Å². The number of hydrogen-bond acceptors (Lipinski definition) is 1. The molecule has 3 aliphatic rings. The molecule has 3 saturated carbocycles. The largest absolute Gasteiger partial charge is 0.294 e. The molecule has 0 N–H and O–H groups in total. The predicted molar refractivity (Wildman–Crippen MR) is 76.3 cm³/mol. The zero-order chi connectivity index (χ0) is 12.8. The summed E-state index contributed by atoms with van der Waals surface area (Å²) in [6, 6.07) is 8.57. The molecule has 19 heavy (non-hydrogen) atoms. The van der Waals surface area contributed by atoms with E-state index >= 15 is 0 Å². The Morgan fingerprint density at radius 1 is 0.947 bits per heavy atom. The summed E-state index contributed by atoms with van der Waals surface area (Å²) in [4.78, 5) is 12.6. The third-order valence-electron chi connectivity index (χ3n) is 5.85. The molecule has 1 aromatic rings. The monoisotopic (exact) mass is 254 g/mol. The molecule has 0 spiro atoms. The van der Waals surface area contributed by atoms with Crippen molar-refractivity contribution in [2.45, 2.75) is 50.9 Å². The second-order valence-electron chi connectivity index (χ2n) is 6.90. The highest BCUT2D eigenvalue weighted by Crippen LogP contribution is 2.49. The third kappa shape index (κ3) is 1.94. The van der Waals surface area contributed by atoms with Crippen molar-refractivity contribution in [2.75, 3.05) is 0 Å². The molecule has 0 radical (unpaired) electrons. The van der Waals surface area contributed by atoms with Crippen LogP contribution in [0.2, 0.25) is 0 Å². The van der Waals surface area contributed by atoms with Gasteiger partial charge in [-0.05, 0) is 55.4 Å². The lowest BCUT2D eigenvalue weighted by Gasteiger charge is -2.26. The van der Waals surface area contributed by atoms with E-state index in [1.54, 1.807) is 0 Å². The number of Topliss-reactive ketones (excluding diaryl/α,β-unsaturated/α-hetero) is 1. The highest BCUT2D eigenvalue weighted by molar-refractivity contribution is 5.98. The van der Waals surface area contributed by atoms with Crippen LogP contribution in [0.4, 0.5) is 0 Å². The van der Waals surface area contributed by atoms with E-state index in [4.69, 9.17) is 0 Å². The van der Waals surface area contributed by atoms with Crippen LogP contribution in [0.15, 0.2) is 24.3 Å². The number of benzene rings is 1. The van der Waals surface area contributed by atoms with Crippen LogP contribution < -0.4 is 0 Å². The first kappa shape index (κ1) is 11.7. The normalized spacial score (nSPS) is 33.4. The van der Waals surface area contributed by atoms with Crippen molar-refractivity contribution in [1.29, 1.82) is 0 Å². The van der Waals surface area contributed by atoms with Crippen molar-refractivity contribution in [3.63, 3.8) is 0 Å². The average molecular weight is 254 g/mol. The second kappa shape index (κ2) is 4.47. The summed E-state index contributed by atoms with van der Waals surface area (Å²) in [5, 5.41) is 0. The Hall–Kier alpha value is -1.11. The number of fused-ring (bicyclic) bond motifs is 2. The minimum absolute atomic E-state index is 0.341. The lowest BCUT2D eigenvalue weighted by molar-refractivity contribution is 0.0874. The van der Waals surface area contributed by atoms with Gasteiger partial charge in [-0.15, -0.1) is 0 Å². The highest BCUT2D eigenvalue weighted by atomic mass is 16.1. The van der Waals surface area contributed by atoms with Gasteiger partial charge in [0, 0.05) is 11.5 Å². The van der Waals surface area contributed by atoms with Crippen LogP contribution >= 0.6 is 0 Å². The molecule has 0 heterocycles. The van der Waals surface area contributed by atoms with Crippen molar-refractivity contribution in [1.82, 2.24) is 0 Å². The Morgan fingerprint density at radius 3 is 2.26 bits per heavy atom. The van der Waals surface area contributed by atoms with Crippen molar-refractivity contribution < 1.29 is 4.79 Å². The summed E-state index contributed by atoms with van der Waals surface area (Å²) in [5.41, 5.74) is 2.40. The highest BCUT2D eigenvalue weighted by Gasteiger charge is 2.43. The molecule has 4 rings (SSSR count). The molecule has 0 saturated heterocycles. The van der Waals surface area contributed by atoms with Gasteiger partial charge in [-0.1, -0.05) is 37.1 Å². The van der Waals surface area contributed by atoms with E-state index in [1.165, 1.54) is 44.1 Å². The number of carbonyl (C=O) groups excluding carboxylic acids is 1. The van der Waals surface area contributed by atoms with Crippen molar-refractivity contribution in [3.8, 4) is 0 Å². The minimum atomic E-state index is 0.341. The van der Waals surface area contributed by atoms with Crippen molar-refractivity contribution in [3.05, 3.63) is 35.4 Å². The Bertz CT molecular complexity index is 483. The van der Waals surface area contributed by atoms with E-state index in [-0.39, 0.29) is 0 Å². The number of rotatable bonds is 3. The SMILES string of the molecule is O=C(c1ccc(C2CCC2)cc1)C1CC2CCC1C2. The van der Waals surface area contributed by atoms with Gasteiger partial charge in [-0.2, -0.15) is 0 Å². The molecule has 0 amide bonds. The Morgan fingerprint density at radius 2 is 1.74 bits per heavy atom. The van der Waals surface area contributed by atoms with Crippen molar-refractivity contribution >= 4 is 5.78 Å². The molecule has 1 nitrogen and oxygen atoms in total. The second-order valence-corrected chi connectivity index (χ2v) is 6.90. The molecule has 0 aromatic heterocycles. The zero-order valence-corrected chi connectivity index (χ0v) is 11.5. The van der Waals surface area contributed by atoms with E-state index in [0.717, 1.165) is 23.8 Å². The molecule has 3 aliphatic carbocycles. The molecule has 3 fully saturated rings. The van der Waals surface area contributed by atoms with Crippen LogP contribution in [0.5, 0.6) is 0 Å². The molecule has 100 valence electrons. The summed E-state index contributed by atoms with van der Waals surface area (Å²) in [5.74, 6) is 3.09. The van der Waals surface area contributed by atoms with E-state index in [1.807, 2.05) is 0 Å². The lowest BCUT2D eigenvalue weighted by atomic mass is 9.79. The van der Waals surface area contributed by atoms with E-state index in [2.05, 4.69) is 24.3 Å². The van der Waals surface area contributed by atoms with Crippen molar-refractivity contribution in [2.24, 2.45) is 17.8 Å². The van der Waals surface area contributed by atoms with E-state index < -0.39 is 0 Å². The molecular formula is C18H22O. The predicted octanol–water partition coefficient (Wildman–Crippen LogP) is 4.57. The van der Waals surface area contributed by atoms with Crippen LogP contribution in [0, 0.1) is 17.8 Å². The minimum Gasteiger partial charge on any atom is -0.294 e.